The first kappa shape index (κ1) is 13.1. The van der Waals surface area contributed by atoms with Crippen LogP contribution in [0.3, 0.4) is 0 Å². The van der Waals surface area contributed by atoms with E-state index in [1.54, 1.807) is 11.9 Å². The molecular formula is C13H17NO3S. The zero-order chi connectivity index (χ0) is 13.2. The van der Waals surface area contributed by atoms with Gasteiger partial charge in [0.05, 0.1) is 17.4 Å². The predicted molar refractivity (Wildman–Crippen MR) is 69.7 cm³/mol. The topological polar surface area (TPSA) is 54.5 Å². The van der Waals surface area contributed by atoms with Gasteiger partial charge in [0.15, 0.2) is 9.84 Å². The van der Waals surface area contributed by atoms with E-state index in [-0.39, 0.29) is 23.3 Å². The van der Waals surface area contributed by atoms with E-state index >= 15 is 0 Å². The molecule has 1 aromatic carbocycles. The molecule has 1 amide bonds. The van der Waals surface area contributed by atoms with Crippen LogP contribution in [0.15, 0.2) is 30.3 Å². The second-order valence-electron chi connectivity index (χ2n) is 4.78. The minimum atomic E-state index is -2.99. The highest BCUT2D eigenvalue weighted by atomic mass is 32.2. The van der Waals surface area contributed by atoms with Crippen LogP contribution in [0.4, 0.5) is 0 Å². The largest absolute Gasteiger partial charge is 0.341 e. The van der Waals surface area contributed by atoms with Crippen LogP contribution in [0, 0.1) is 5.92 Å². The van der Waals surface area contributed by atoms with Crippen LogP contribution in [0.2, 0.25) is 0 Å². The van der Waals surface area contributed by atoms with Crippen LogP contribution >= 0.6 is 0 Å². The summed E-state index contributed by atoms with van der Waals surface area (Å²) in [5.41, 5.74) is 1.05. The van der Waals surface area contributed by atoms with Gasteiger partial charge in [-0.1, -0.05) is 30.3 Å². The van der Waals surface area contributed by atoms with Crippen molar-refractivity contribution in [3.8, 4) is 0 Å². The van der Waals surface area contributed by atoms with E-state index < -0.39 is 9.84 Å². The standard InChI is InChI=1S/C13H17NO3S/c1-14(9-11-5-3-2-4-6-11)13(15)12-7-8-18(16,17)10-12/h2-6,12H,7-10H2,1H3. The van der Waals surface area contributed by atoms with Crippen LogP contribution in [-0.4, -0.2) is 37.8 Å². The Bertz CT molecular complexity index is 524. The lowest BCUT2D eigenvalue weighted by Crippen LogP contribution is -2.33. The number of nitrogens with zero attached hydrogens (tertiary/aromatic N) is 1. The highest BCUT2D eigenvalue weighted by molar-refractivity contribution is 7.91. The molecule has 1 fully saturated rings. The minimum absolute atomic E-state index is 0.00492. The molecule has 1 saturated heterocycles. The predicted octanol–water partition coefficient (Wildman–Crippen LogP) is 1.08. The second kappa shape index (κ2) is 5.10. The van der Waals surface area contributed by atoms with E-state index in [4.69, 9.17) is 0 Å². The quantitative estimate of drug-likeness (QED) is 0.823. The maximum atomic E-state index is 12.1. The molecule has 1 aliphatic heterocycles. The summed E-state index contributed by atoms with van der Waals surface area (Å²) in [6.07, 6.45) is 0.459. The molecular weight excluding hydrogens is 250 g/mol. The Kier molecular flexibility index (Phi) is 3.71. The van der Waals surface area contributed by atoms with Crippen LogP contribution in [0.1, 0.15) is 12.0 Å². The van der Waals surface area contributed by atoms with Crippen molar-refractivity contribution >= 4 is 15.7 Å². The monoisotopic (exact) mass is 267 g/mol. The van der Waals surface area contributed by atoms with Gasteiger partial charge in [-0.2, -0.15) is 0 Å². The Morgan fingerprint density at radius 1 is 1.33 bits per heavy atom. The normalized spacial score (nSPS) is 21.7. The number of carbonyl (C=O) groups excluding carboxylic acids is 1. The average molecular weight is 267 g/mol. The van der Waals surface area contributed by atoms with Gasteiger partial charge in [-0.05, 0) is 12.0 Å². The van der Waals surface area contributed by atoms with Crippen molar-refractivity contribution in [1.82, 2.24) is 4.90 Å². The molecule has 0 N–H and O–H groups in total. The lowest BCUT2D eigenvalue weighted by atomic mass is 10.1. The van der Waals surface area contributed by atoms with Crippen molar-refractivity contribution in [2.24, 2.45) is 5.92 Å². The third-order valence-electron chi connectivity index (χ3n) is 3.22. The Morgan fingerprint density at radius 2 is 2.00 bits per heavy atom. The molecule has 5 heteroatoms. The first-order valence-corrected chi connectivity index (χ1v) is 7.79. The van der Waals surface area contributed by atoms with Gasteiger partial charge in [0.25, 0.3) is 0 Å². The molecule has 0 spiro atoms. The molecule has 1 atom stereocenters. The Labute approximate surface area is 108 Å². The molecule has 18 heavy (non-hydrogen) atoms. The van der Waals surface area contributed by atoms with Gasteiger partial charge < -0.3 is 4.90 Å². The first-order chi connectivity index (χ1) is 8.48. The number of benzene rings is 1. The van der Waals surface area contributed by atoms with Crippen molar-refractivity contribution < 1.29 is 13.2 Å². The number of amides is 1. The molecule has 98 valence electrons. The van der Waals surface area contributed by atoms with Crippen molar-refractivity contribution in [1.29, 1.82) is 0 Å². The van der Waals surface area contributed by atoms with Crippen LogP contribution in [0.5, 0.6) is 0 Å². The zero-order valence-corrected chi connectivity index (χ0v) is 11.2. The van der Waals surface area contributed by atoms with E-state index in [9.17, 15) is 13.2 Å². The number of rotatable bonds is 3. The van der Waals surface area contributed by atoms with Crippen molar-refractivity contribution in [2.75, 3.05) is 18.6 Å². The van der Waals surface area contributed by atoms with E-state index in [1.165, 1.54) is 0 Å². The number of carbonyl (C=O) groups is 1. The van der Waals surface area contributed by atoms with E-state index in [0.29, 0.717) is 13.0 Å². The maximum Gasteiger partial charge on any atom is 0.226 e. The van der Waals surface area contributed by atoms with Crippen molar-refractivity contribution in [3.05, 3.63) is 35.9 Å². The van der Waals surface area contributed by atoms with Gasteiger partial charge in [0, 0.05) is 13.6 Å². The highest BCUT2D eigenvalue weighted by Gasteiger charge is 2.34. The van der Waals surface area contributed by atoms with Crippen LogP contribution < -0.4 is 0 Å². The Hall–Kier alpha value is -1.36. The summed E-state index contributed by atoms with van der Waals surface area (Å²) in [7, 11) is -1.27. The molecule has 1 aromatic rings. The van der Waals surface area contributed by atoms with Gasteiger partial charge in [0.1, 0.15) is 0 Å². The fraction of sp³-hybridized carbons (Fsp3) is 0.462. The first-order valence-electron chi connectivity index (χ1n) is 5.97. The highest BCUT2D eigenvalue weighted by Crippen LogP contribution is 2.21. The summed E-state index contributed by atoms with van der Waals surface area (Å²) in [6, 6.07) is 9.68. The van der Waals surface area contributed by atoms with Gasteiger partial charge in [-0.25, -0.2) is 8.42 Å². The lowest BCUT2D eigenvalue weighted by Gasteiger charge is -2.20. The fourth-order valence-corrected chi connectivity index (χ4v) is 3.97. The maximum absolute atomic E-state index is 12.1. The van der Waals surface area contributed by atoms with E-state index in [0.717, 1.165) is 5.56 Å². The summed E-state index contributed by atoms with van der Waals surface area (Å²) in [6.45, 7) is 0.524. The number of hydrogen-bond acceptors (Lipinski definition) is 3. The Balaban J connectivity index is 1.98. The average Bonchev–Trinajstić information content (AvgIpc) is 2.70. The summed E-state index contributed by atoms with van der Waals surface area (Å²) < 4.78 is 22.7. The molecule has 0 aromatic heterocycles. The van der Waals surface area contributed by atoms with Crippen molar-refractivity contribution in [3.63, 3.8) is 0 Å². The van der Waals surface area contributed by atoms with Crippen LogP contribution in [-0.2, 0) is 21.2 Å². The molecule has 1 aliphatic rings. The van der Waals surface area contributed by atoms with Gasteiger partial charge in [-0.3, -0.25) is 4.79 Å². The molecule has 1 heterocycles. The fourth-order valence-electron chi connectivity index (χ4n) is 2.24. The van der Waals surface area contributed by atoms with E-state index in [2.05, 4.69) is 0 Å². The van der Waals surface area contributed by atoms with Gasteiger partial charge in [-0.15, -0.1) is 0 Å². The van der Waals surface area contributed by atoms with Gasteiger partial charge in [0.2, 0.25) is 5.91 Å². The SMILES string of the molecule is CN(Cc1ccccc1)C(=O)C1CCS(=O)(=O)C1. The minimum Gasteiger partial charge on any atom is -0.341 e. The summed E-state index contributed by atoms with van der Waals surface area (Å²) in [5, 5.41) is 0. The molecule has 0 bridgehead atoms. The number of hydrogen-bond donors (Lipinski definition) is 0. The summed E-state index contributed by atoms with van der Waals surface area (Å²) >= 11 is 0. The summed E-state index contributed by atoms with van der Waals surface area (Å²) in [4.78, 5) is 13.7. The molecule has 0 saturated carbocycles. The van der Waals surface area contributed by atoms with Crippen LogP contribution in [0.25, 0.3) is 0 Å². The Morgan fingerprint density at radius 3 is 2.56 bits per heavy atom. The molecule has 2 rings (SSSR count). The molecule has 4 nitrogen and oxygen atoms in total. The molecule has 0 aliphatic carbocycles. The second-order valence-corrected chi connectivity index (χ2v) is 7.01. The van der Waals surface area contributed by atoms with E-state index in [1.807, 2.05) is 30.3 Å². The third-order valence-corrected chi connectivity index (χ3v) is 4.99. The summed E-state index contributed by atoms with van der Waals surface area (Å²) in [5.74, 6) is -0.281. The number of sulfone groups is 1. The molecule has 1 unspecified atom stereocenters. The van der Waals surface area contributed by atoms with Gasteiger partial charge >= 0.3 is 0 Å². The lowest BCUT2D eigenvalue weighted by molar-refractivity contribution is -0.133. The third kappa shape index (κ3) is 3.10. The zero-order valence-electron chi connectivity index (χ0n) is 10.4. The van der Waals surface area contributed by atoms with Crippen molar-refractivity contribution in [2.45, 2.75) is 13.0 Å². The molecule has 0 radical (unpaired) electrons. The smallest absolute Gasteiger partial charge is 0.226 e.